The number of benzene rings is 1. The van der Waals surface area contributed by atoms with Crippen LogP contribution < -0.4 is 5.32 Å². The molecular weight excluding hydrogens is 329 g/mol. The van der Waals surface area contributed by atoms with Crippen molar-refractivity contribution in [1.82, 2.24) is 10.2 Å². The van der Waals surface area contributed by atoms with E-state index in [1.54, 1.807) is 24.3 Å². The van der Waals surface area contributed by atoms with E-state index in [2.05, 4.69) is 15.3 Å². The summed E-state index contributed by atoms with van der Waals surface area (Å²) < 4.78 is 0. The van der Waals surface area contributed by atoms with Gasteiger partial charge in [-0.1, -0.05) is 46.6 Å². The molecule has 0 unspecified atom stereocenters. The second-order valence-corrected chi connectivity index (χ2v) is 4.95. The average Bonchev–Trinajstić information content (AvgIpc) is 2.52. The van der Waals surface area contributed by atoms with E-state index in [4.69, 9.17) is 23.2 Å². The van der Waals surface area contributed by atoms with Crippen molar-refractivity contribution < 1.29 is 14.4 Å². The molecule has 0 spiro atoms. The predicted molar refractivity (Wildman–Crippen MR) is 86.0 cm³/mol. The van der Waals surface area contributed by atoms with Crippen LogP contribution in [-0.4, -0.2) is 35.2 Å². The van der Waals surface area contributed by atoms with Crippen LogP contribution in [0.5, 0.6) is 0 Å². The molecule has 0 radical (unpaired) electrons. The Bertz CT molecular complexity index is 560. The van der Waals surface area contributed by atoms with Crippen LogP contribution in [0.25, 0.3) is 0 Å². The summed E-state index contributed by atoms with van der Waals surface area (Å²) in [5.41, 5.74) is 0.732. The third-order valence-corrected chi connectivity index (χ3v) is 3.42. The summed E-state index contributed by atoms with van der Waals surface area (Å²) in [6.45, 7) is 4.76. The fraction of sp³-hybridized carbons (Fsp3) is 0.357. The second-order valence-electron chi connectivity index (χ2n) is 4.18. The quantitative estimate of drug-likeness (QED) is 0.489. The van der Waals surface area contributed by atoms with Crippen LogP contribution in [0.4, 0.5) is 4.79 Å². The van der Waals surface area contributed by atoms with E-state index in [1.807, 2.05) is 13.8 Å². The normalized spacial score (nSPS) is 11.0. The van der Waals surface area contributed by atoms with E-state index < -0.39 is 17.2 Å². The van der Waals surface area contributed by atoms with Crippen molar-refractivity contribution in [2.45, 2.75) is 20.4 Å². The lowest BCUT2D eigenvalue weighted by molar-refractivity contribution is -0.123. The van der Waals surface area contributed by atoms with E-state index in [0.717, 1.165) is 5.56 Å². The van der Waals surface area contributed by atoms with Crippen LogP contribution in [0.3, 0.4) is 0 Å². The van der Waals surface area contributed by atoms with E-state index in [9.17, 15) is 9.59 Å². The Labute approximate surface area is 139 Å². The minimum Gasteiger partial charge on any atom is -0.337 e. The summed E-state index contributed by atoms with van der Waals surface area (Å²) in [7, 11) is 0. The molecule has 0 aliphatic heterocycles. The summed E-state index contributed by atoms with van der Waals surface area (Å²) in [6, 6.07) is 7.06. The van der Waals surface area contributed by atoms with Crippen molar-refractivity contribution in [3.63, 3.8) is 0 Å². The van der Waals surface area contributed by atoms with Crippen LogP contribution >= 0.6 is 23.2 Å². The van der Waals surface area contributed by atoms with Gasteiger partial charge in [-0.25, -0.2) is 4.79 Å². The molecular formula is C14H17Cl2N3O3. The van der Waals surface area contributed by atoms with Gasteiger partial charge in [0.25, 0.3) is 5.91 Å². The lowest BCUT2D eigenvalue weighted by Crippen LogP contribution is -2.34. The molecule has 0 saturated carbocycles. The molecule has 0 heterocycles. The van der Waals surface area contributed by atoms with Crippen molar-refractivity contribution in [3.8, 4) is 0 Å². The Morgan fingerprint density at radius 1 is 1.27 bits per heavy atom. The highest BCUT2D eigenvalue weighted by Crippen LogP contribution is 2.14. The van der Waals surface area contributed by atoms with E-state index >= 15 is 0 Å². The number of halogens is 2. The zero-order valence-electron chi connectivity index (χ0n) is 12.3. The third-order valence-electron chi connectivity index (χ3n) is 2.82. The van der Waals surface area contributed by atoms with Crippen molar-refractivity contribution in [3.05, 3.63) is 34.9 Å². The van der Waals surface area contributed by atoms with Crippen LogP contribution in [0.2, 0.25) is 5.02 Å². The molecule has 1 N–H and O–H groups in total. The monoisotopic (exact) mass is 345 g/mol. The van der Waals surface area contributed by atoms with Gasteiger partial charge >= 0.3 is 6.09 Å². The molecule has 22 heavy (non-hydrogen) atoms. The minimum atomic E-state index is -0.828. The number of carbonyl (C=O) groups is 2. The lowest BCUT2D eigenvalue weighted by Gasteiger charge is -2.16. The minimum absolute atomic E-state index is 0.176. The highest BCUT2D eigenvalue weighted by molar-refractivity contribution is 6.82. The first-order chi connectivity index (χ1) is 10.5. The van der Waals surface area contributed by atoms with Crippen LogP contribution in [-0.2, 0) is 16.2 Å². The lowest BCUT2D eigenvalue weighted by atomic mass is 10.2. The van der Waals surface area contributed by atoms with Crippen molar-refractivity contribution >= 4 is 40.4 Å². The predicted octanol–water partition coefficient (Wildman–Crippen LogP) is 2.99. The highest BCUT2D eigenvalue weighted by atomic mass is 35.5. The van der Waals surface area contributed by atoms with Gasteiger partial charge in [-0.2, -0.15) is 0 Å². The molecule has 2 amide bonds. The molecule has 0 bridgehead atoms. The molecule has 0 aliphatic carbocycles. The number of hydrogen-bond donors (Lipinski definition) is 1. The van der Waals surface area contributed by atoms with Gasteiger partial charge < -0.3 is 10.2 Å². The SMILES string of the molecule is CCN(CC)C(=O)/C(Cl)=N\OC(=O)NCc1ccccc1Cl. The molecule has 0 aliphatic rings. The topological polar surface area (TPSA) is 71.0 Å². The molecule has 0 aromatic heterocycles. The van der Waals surface area contributed by atoms with Gasteiger partial charge in [0, 0.05) is 24.7 Å². The molecule has 0 fully saturated rings. The first-order valence-corrected chi connectivity index (χ1v) is 7.46. The fourth-order valence-electron chi connectivity index (χ4n) is 1.60. The number of carbonyl (C=O) groups excluding carboxylic acids is 2. The van der Waals surface area contributed by atoms with Gasteiger partial charge in [0.05, 0.1) is 0 Å². The van der Waals surface area contributed by atoms with Gasteiger partial charge in [0.15, 0.2) is 0 Å². The molecule has 0 atom stereocenters. The zero-order valence-corrected chi connectivity index (χ0v) is 13.8. The van der Waals surface area contributed by atoms with E-state index in [0.29, 0.717) is 18.1 Å². The van der Waals surface area contributed by atoms with Gasteiger partial charge in [-0.3, -0.25) is 9.63 Å². The average molecular weight is 346 g/mol. The summed E-state index contributed by atoms with van der Waals surface area (Å²) in [5, 5.41) is 5.90. The molecule has 6 nitrogen and oxygen atoms in total. The van der Waals surface area contributed by atoms with Gasteiger partial charge in [0.2, 0.25) is 5.17 Å². The number of nitrogens with one attached hydrogen (secondary N) is 1. The fourth-order valence-corrected chi connectivity index (χ4v) is 1.96. The van der Waals surface area contributed by atoms with Crippen molar-refractivity contribution in [2.75, 3.05) is 13.1 Å². The number of amides is 2. The van der Waals surface area contributed by atoms with E-state index in [1.165, 1.54) is 4.90 Å². The number of hydrogen-bond acceptors (Lipinski definition) is 4. The Hall–Kier alpha value is -1.79. The molecule has 1 rings (SSSR count). The Morgan fingerprint density at radius 3 is 2.50 bits per heavy atom. The molecule has 8 heteroatoms. The van der Waals surface area contributed by atoms with Crippen molar-refractivity contribution in [2.24, 2.45) is 5.16 Å². The van der Waals surface area contributed by atoms with E-state index in [-0.39, 0.29) is 6.54 Å². The maximum atomic E-state index is 11.8. The standard InChI is InChI=1S/C14H17Cl2N3O3/c1-3-19(4-2)13(20)12(16)18-22-14(21)17-9-10-7-5-6-8-11(10)15/h5-8H,3-4,9H2,1-2H3,(H,17,21)/b18-12+. The molecule has 1 aromatic rings. The zero-order chi connectivity index (χ0) is 16.5. The highest BCUT2D eigenvalue weighted by Gasteiger charge is 2.16. The van der Waals surface area contributed by atoms with Crippen molar-refractivity contribution in [1.29, 1.82) is 0 Å². The number of rotatable bonds is 6. The number of oxime groups is 1. The summed E-state index contributed by atoms with van der Waals surface area (Å²) in [5.74, 6) is -0.495. The molecule has 1 aromatic carbocycles. The summed E-state index contributed by atoms with van der Waals surface area (Å²) in [4.78, 5) is 29.3. The van der Waals surface area contributed by atoms with Crippen LogP contribution in [0.15, 0.2) is 29.4 Å². The van der Waals surface area contributed by atoms with Gasteiger partial charge in [-0.15, -0.1) is 0 Å². The molecule has 0 saturated heterocycles. The Kier molecular flexibility index (Phi) is 7.70. The maximum absolute atomic E-state index is 11.8. The van der Waals surface area contributed by atoms with Crippen LogP contribution in [0.1, 0.15) is 19.4 Å². The first-order valence-electron chi connectivity index (χ1n) is 6.70. The largest absolute Gasteiger partial charge is 0.433 e. The number of nitrogens with zero attached hydrogens (tertiary/aromatic N) is 2. The smallest absolute Gasteiger partial charge is 0.337 e. The first kappa shape index (κ1) is 18.3. The molecule has 120 valence electrons. The Morgan fingerprint density at radius 2 is 1.91 bits per heavy atom. The Balaban J connectivity index is 2.50. The summed E-state index contributed by atoms with van der Waals surface area (Å²) >= 11 is 11.7. The van der Waals surface area contributed by atoms with Crippen LogP contribution in [0, 0.1) is 0 Å². The van der Waals surface area contributed by atoms with Gasteiger partial charge in [-0.05, 0) is 25.5 Å². The second kappa shape index (κ2) is 9.27. The van der Waals surface area contributed by atoms with Gasteiger partial charge in [0.1, 0.15) is 0 Å². The summed E-state index contributed by atoms with van der Waals surface area (Å²) in [6.07, 6.45) is -0.828. The third kappa shape index (κ3) is 5.54. The maximum Gasteiger partial charge on any atom is 0.433 e.